The molecule has 1 aliphatic rings. The molecule has 2 heteroatoms. The maximum Gasteiger partial charge on any atom is 0.0233 e. The highest BCUT2D eigenvalue weighted by molar-refractivity contribution is 5.22. The molecule has 0 radical (unpaired) electrons. The lowest BCUT2D eigenvalue weighted by Crippen LogP contribution is -2.32. The fourth-order valence-corrected chi connectivity index (χ4v) is 2.87. The predicted octanol–water partition coefficient (Wildman–Crippen LogP) is 4.05. The van der Waals surface area contributed by atoms with Crippen molar-refractivity contribution in [3.63, 3.8) is 0 Å². The van der Waals surface area contributed by atoms with E-state index in [1.165, 1.54) is 36.9 Å². The van der Waals surface area contributed by atoms with E-state index in [1.54, 1.807) is 0 Å². The van der Waals surface area contributed by atoms with Crippen LogP contribution in [-0.4, -0.2) is 24.5 Å². The van der Waals surface area contributed by atoms with Crippen LogP contribution in [-0.2, 0) is 13.1 Å². The normalized spacial score (nSPS) is 15.7. The van der Waals surface area contributed by atoms with Gasteiger partial charge >= 0.3 is 0 Å². The van der Waals surface area contributed by atoms with Gasteiger partial charge in [-0.2, -0.15) is 0 Å². The highest BCUT2D eigenvalue weighted by atomic mass is 15.1. The van der Waals surface area contributed by atoms with Crippen LogP contribution in [0, 0.1) is 11.8 Å². The number of hydrogen-bond donors (Lipinski definition) is 1. The smallest absolute Gasteiger partial charge is 0.0233 e. The summed E-state index contributed by atoms with van der Waals surface area (Å²) in [4.78, 5) is 2.59. The van der Waals surface area contributed by atoms with Crippen molar-refractivity contribution in [2.75, 3.05) is 19.6 Å². The number of rotatable bonds is 9. The summed E-state index contributed by atoms with van der Waals surface area (Å²) >= 11 is 0. The van der Waals surface area contributed by atoms with Crippen LogP contribution in [0.5, 0.6) is 0 Å². The molecule has 0 saturated heterocycles. The third-order valence-electron chi connectivity index (χ3n) is 4.50. The summed E-state index contributed by atoms with van der Waals surface area (Å²) in [5.41, 5.74) is 2.84. The second-order valence-corrected chi connectivity index (χ2v) is 6.97. The van der Waals surface area contributed by atoms with Crippen molar-refractivity contribution in [2.24, 2.45) is 11.8 Å². The summed E-state index contributed by atoms with van der Waals surface area (Å²) in [6.07, 6.45) is 4.33. The standard InChI is InChI=1S/C19H32N2/c1-4-21(14-18-6-5-7-18)15-19-10-8-17(9-11-19)13-20-12-16(2)3/h8-11,16,18,20H,4-7,12-15H2,1-3H3. The van der Waals surface area contributed by atoms with E-state index >= 15 is 0 Å². The van der Waals surface area contributed by atoms with Crippen LogP contribution in [0.4, 0.5) is 0 Å². The van der Waals surface area contributed by atoms with E-state index in [2.05, 4.69) is 55.3 Å². The fraction of sp³-hybridized carbons (Fsp3) is 0.684. The Morgan fingerprint density at radius 2 is 1.81 bits per heavy atom. The molecule has 0 bridgehead atoms. The van der Waals surface area contributed by atoms with Gasteiger partial charge in [-0.15, -0.1) is 0 Å². The molecular weight excluding hydrogens is 256 g/mol. The van der Waals surface area contributed by atoms with Gasteiger partial charge in [-0.3, -0.25) is 4.90 Å². The van der Waals surface area contributed by atoms with Crippen LogP contribution < -0.4 is 5.32 Å². The Kier molecular flexibility index (Phi) is 6.72. The van der Waals surface area contributed by atoms with Crippen molar-refractivity contribution in [3.8, 4) is 0 Å². The maximum absolute atomic E-state index is 3.50. The van der Waals surface area contributed by atoms with Gasteiger partial charge in [0.05, 0.1) is 0 Å². The van der Waals surface area contributed by atoms with Crippen LogP contribution in [0.3, 0.4) is 0 Å². The summed E-state index contributed by atoms with van der Waals surface area (Å²) in [5, 5.41) is 3.50. The van der Waals surface area contributed by atoms with Crippen molar-refractivity contribution in [1.82, 2.24) is 10.2 Å². The van der Waals surface area contributed by atoms with E-state index in [0.29, 0.717) is 5.92 Å². The molecule has 2 nitrogen and oxygen atoms in total. The molecule has 0 atom stereocenters. The minimum Gasteiger partial charge on any atom is -0.312 e. The Morgan fingerprint density at radius 3 is 2.33 bits per heavy atom. The first-order chi connectivity index (χ1) is 10.2. The van der Waals surface area contributed by atoms with Crippen molar-refractivity contribution in [1.29, 1.82) is 0 Å². The summed E-state index contributed by atoms with van der Waals surface area (Å²) in [6.45, 7) is 12.4. The molecule has 0 heterocycles. The Hall–Kier alpha value is -0.860. The molecule has 0 amide bonds. The maximum atomic E-state index is 3.50. The van der Waals surface area contributed by atoms with Crippen molar-refractivity contribution in [3.05, 3.63) is 35.4 Å². The van der Waals surface area contributed by atoms with Gasteiger partial charge < -0.3 is 5.32 Å². The molecule has 118 valence electrons. The van der Waals surface area contributed by atoms with Gasteiger partial charge in [0.15, 0.2) is 0 Å². The molecule has 0 aromatic heterocycles. The lowest BCUT2D eigenvalue weighted by Gasteiger charge is -2.31. The molecule has 1 aliphatic carbocycles. The molecule has 0 aliphatic heterocycles. The lowest BCUT2D eigenvalue weighted by atomic mass is 9.85. The van der Waals surface area contributed by atoms with Crippen LogP contribution in [0.2, 0.25) is 0 Å². The number of benzene rings is 1. The van der Waals surface area contributed by atoms with Gasteiger partial charge in [-0.1, -0.05) is 51.5 Å². The van der Waals surface area contributed by atoms with Gasteiger partial charge in [-0.25, -0.2) is 0 Å². The van der Waals surface area contributed by atoms with E-state index in [1.807, 2.05) is 0 Å². The van der Waals surface area contributed by atoms with Gasteiger partial charge in [0.2, 0.25) is 0 Å². The van der Waals surface area contributed by atoms with Gasteiger partial charge in [0.25, 0.3) is 0 Å². The quantitative estimate of drug-likeness (QED) is 0.737. The zero-order valence-electron chi connectivity index (χ0n) is 14.1. The number of hydrogen-bond acceptors (Lipinski definition) is 2. The van der Waals surface area contributed by atoms with E-state index in [0.717, 1.165) is 32.1 Å². The molecule has 1 fully saturated rings. The molecule has 2 rings (SSSR count). The van der Waals surface area contributed by atoms with E-state index in [4.69, 9.17) is 0 Å². The first kappa shape index (κ1) is 16.5. The highest BCUT2D eigenvalue weighted by Gasteiger charge is 2.19. The molecule has 1 N–H and O–H groups in total. The predicted molar refractivity (Wildman–Crippen MR) is 91.3 cm³/mol. The average molecular weight is 288 g/mol. The van der Waals surface area contributed by atoms with E-state index < -0.39 is 0 Å². The summed E-state index contributed by atoms with van der Waals surface area (Å²) < 4.78 is 0. The average Bonchev–Trinajstić information content (AvgIpc) is 2.42. The monoisotopic (exact) mass is 288 g/mol. The Bertz CT molecular complexity index is 393. The molecule has 1 saturated carbocycles. The summed E-state index contributed by atoms with van der Waals surface area (Å²) in [7, 11) is 0. The number of nitrogens with one attached hydrogen (secondary N) is 1. The number of nitrogens with zero attached hydrogens (tertiary/aromatic N) is 1. The summed E-state index contributed by atoms with van der Waals surface area (Å²) in [6, 6.07) is 9.16. The van der Waals surface area contributed by atoms with Crippen molar-refractivity contribution >= 4 is 0 Å². The van der Waals surface area contributed by atoms with Crippen molar-refractivity contribution in [2.45, 2.75) is 53.1 Å². The van der Waals surface area contributed by atoms with Crippen molar-refractivity contribution < 1.29 is 0 Å². The van der Waals surface area contributed by atoms with Gasteiger partial charge in [-0.05, 0) is 48.9 Å². The summed E-state index contributed by atoms with van der Waals surface area (Å²) in [5.74, 6) is 1.68. The third-order valence-corrected chi connectivity index (χ3v) is 4.50. The lowest BCUT2D eigenvalue weighted by molar-refractivity contribution is 0.178. The first-order valence-corrected chi connectivity index (χ1v) is 8.68. The van der Waals surface area contributed by atoms with Crippen LogP contribution in [0.25, 0.3) is 0 Å². The second-order valence-electron chi connectivity index (χ2n) is 6.97. The van der Waals surface area contributed by atoms with E-state index in [-0.39, 0.29) is 0 Å². The molecule has 21 heavy (non-hydrogen) atoms. The minimum absolute atomic E-state index is 0.717. The largest absolute Gasteiger partial charge is 0.312 e. The molecule has 1 aromatic carbocycles. The highest BCUT2D eigenvalue weighted by Crippen LogP contribution is 2.27. The Morgan fingerprint density at radius 1 is 1.14 bits per heavy atom. The SMILES string of the molecule is CCN(Cc1ccc(CNCC(C)C)cc1)CC1CCC1. The van der Waals surface area contributed by atoms with Crippen LogP contribution >= 0.6 is 0 Å². The molecule has 1 aromatic rings. The zero-order chi connectivity index (χ0) is 15.1. The van der Waals surface area contributed by atoms with Crippen LogP contribution in [0.1, 0.15) is 51.2 Å². The van der Waals surface area contributed by atoms with E-state index in [9.17, 15) is 0 Å². The molecule has 0 unspecified atom stereocenters. The van der Waals surface area contributed by atoms with Gasteiger partial charge in [0.1, 0.15) is 0 Å². The zero-order valence-corrected chi connectivity index (χ0v) is 14.1. The first-order valence-electron chi connectivity index (χ1n) is 8.68. The minimum atomic E-state index is 0.717. The Labute approximate surface area is 130 Å². The molecular formula is C19H32N2. The second kappa shape index (κ2) is 8.55. The van der Waals surface area contributed by atoms with Crippen LogP contribution in [0.15, 0.2) is 24.3 Å². The van der Waals surface area contributed by atoms with Gasteiger partial charge in [0, 0.05) is 19.6 Å². The molecule has 0 spiro atoms. The third kappa shape index (κ3) is 5.80. The Balaban J connectivity index is 1.77. The topological polar surface area (TPSA) is 15.3 Å². The fourth-order valence-electron chi connectivity index (χ4n) is 2.87.